The van der Waals surface area contributed by atoms with E-state index in [-0.39, 0.29) is 11.4 Å². The first kappa shape index (κ1) is 17.7. The molecule has 21 heavy (non-hydrogen) atoms. The second kappa shape index (κ2) is 6.63. The summed E-state index contributed by atoms with van der Waals surface area (Å²) in [6.07, 6.45) is -5.68. The number of halogens is 3. The molecule has 0 aliphatic carbocycles. The number of hydrogen-bond acceptors (Lipinski definition) is 4. The number of nitrogens with one attached hydrogen (secondary N) is 1. The van der Waals surface area contributed by atoms with Crippen LogP contribution in [0.4, 0.5) is 13.2 Å². The van der Waals surface area contributed by atoms with E-state index in [1.54, 1.807) is 0 Å². The predicted octanol–water partition coefficient (Wildman–Crippen LogP) is 1.77. The molecule has 0 bridgehead atoms. The summed E-state index contributed by atoms with van der Waals surface area (Å²) in [7, 11) is -2.64. The number of ether oxygens (including phenoxy) is 1. The van der Waals surface area contributed by atoms with Gasteiger partial charge in [-0.15, -0.1) is 0 Å². The Hall–Kier alpha value is -1.32. The van der Waals surface area contributed by atoms with Gasteiger partial charge in [0.05, 0.1) is 18.4 Å². The average Bonchev–Trinajstić information content (AvgIpc) is 2.34. The Kier molecular flexibility index (Phi) is 5.60. The van der Waals surface area contributed by atoms with Gasteiger partial charge in [0.15, 0.2) is 0 Å². The number of hydrogen-bond donors (Lipinski definition) is 2. The van der Waals surface area contributed by atoms with Crippen molar-refractivity contribution in [2.45, 2.75) is 37.0 Å². The highest BCUT2D eigenvalue weighted by Crippen LogP contribution is 2.24. The highest BCUT2D eigenvalue weighted by Gasteiger charge is 2.32. The Bertz CT molecular complexity index is 588. The minimum atomic E-state index is -4.44. The summed E-state index contributed by atoms with van der Waals surface area (Å²) in [4.78, 5) is -0.155. The molecule has 0 amide bonds. The van der Waals surface area contributed by atoms with Crippen LogP contribution in [0, 0.1) is 0 Å². The van der Waals surface area contributed by atoms with Gasteiger partial charge in [-0.05, 0) is 25.1 Å². The summed E-state index contributed by atoms with van der Waals surface area (Å²) in [5.74, 6) is 0.416. The van der Waals surface area contributed by atoms with Gasteiger partial charge >= 0.3 is 6.18 Å². The van der Waals surface area contributed by atoms with Crippen molar-refractivity contribution < 1.29 is 26.3 Å². The molecule has 0 aliphatic heterocycles. The second-order valence-corrected chi connectivity index (χ2v) is 6.23. The molecule has 120 valence electrons. The van der Waals surface area contributed by atoms with Crippen LogP contribution in [0.1, 0.15) is 18.9 Å². The summed E-state index contributed by atoms with van der Waals surface area (Å²) in [6.45, 7) is 1.20. The third-order valence-electron chi connectivity index (χ3n) is 2.68. The third kappa shape index (κ3) is 5.18. The lowest BCUT2D eigenvalue weighted by Crippen LogP contribution is -2.36. The standard InChI is InChI=1S/C12H17F3N2O3S/c1-8(6-12(13,14)15)17-21(18,19)10-3-4-11(20-2)9(5-10)7-16/h3-5,8,17H,6-7,16H2,1-2H3. The molecule has 9 heteroatoms. The molecule has 1 unspecified atom stereocenters. The largest absolute Gasteiger partial charge is 0.496 e. The minimum Gasteiger partial charge on any atom is -0.496 e. The molecule has 1 aromatic rings. The normalized spacial score (nSPS) is 14.0. The van der Waals surface area contributed by atoms with E-state index >= 15 is 0 Å². The van der Waals surface area contributed by atoms with E-state index in [9.17, 15) is 21.6 Å². The van der Waals surface area contributed by atoms with Gasteiger partial charge in [0.25, 0.3) is 0 Å². The van der Waals surface area contributed by atoms with Crippen LogP contribution < -0.4 is 15.2 Å². The third-order valence-corrected chi connectivity index (χ3v) is 4.26. The Morgan fingerprint density at radius 3 is 2.48 bits per heavy atom. The maximum Gasteiger partial charge on any atom is 0.390 e. The smallest absolute Gasteiger partial charge is 0.390 e. The summed E-state index contributed by atoms with van der Waals surface area (Å²) < 4.78 is 67.8. The number of nitrogens with two attached hydrogens (primary N) is 1. The van der Waals surface area contributed by atoms with Crippen molar-refractivity contribution in [3.63, 3.8) is 0 Å². The van der Waals surface area contributed by atoms with Crippen molar-refractivity contribution in [1.82, 2.24) is 4.72 Å². The van der Waals surface area contributed by atoms with Crippen LogP contribution in [0.5, 0.6) is 5.75 Å². The molecular formula is C12H17F3N2O3S. The first-order valence-corrected chi connectivity index (χ1v) is 7.53. The summed E-state index contributed by atoms with van der Waals surface area (Å²) in [6, 6.07) is 2.67. The van der Waals surface area contributed by atoms with E-state index in [1.807, 2.05) is 4.72 Å². The molecule has 0 spiro atoms. The lowest BCUT2D eigenvalue weighted by Gasteiger charge is -2.16. The molecule has 0 fully saturated rings. The van der Waals surface area contributed by atoms with E-state index in [0.29, 0.717) is 11.3 Å². The molecule has 0 aromatic heterocycles. The fourth-order valence-corrected chi connectivity index (χ4v) is 3.10. The van der Waals surface area contributed by atoms with E-state index in [4.69, 9.17) is 10.5 Å². The Labute approximate surface area is 121 Å². The van der Waals surface area contributed by atoms with Gasteiger partial charge in [-0.2, -0.15) is 13.2 Å². The van der Waals surface area contributed by atoms with Crippen molar-refractivity contribution in [2.24, 2.45) is 5.73 Å². The van der Waals surface area contributed by atoms with Crippen molar-refractivity contribution in [3.05, 3.63) is 23.8 Å². The molecule has 1 rings (SSSR count). The highest BCUT2D eigenvalue weighted by atomic mass is 32.2. The van der Waals surface area contributed by atoms with Crippen LogP contribution in [0.2, 0.25) is 0 Å². The van der Waals surface area contributed by atoms with Crippen LogP contribution in [0.3, 0.4) is 0 Å². The van der Waals surface area contributed by atoms with Crippen LogP contribution in [0.25, 0.3) is 0 Å². The average molecular weight is 326 g/mol. The number of sulfonamides is 1. The SMILES string of the molecule is COc1ccc(S(=O)(=O)NC(C)CC(F)(F)F)cc1CN. The van der Waals surface area contributed by atoms with Crippen molar-refractivity contribution in [3.8, 4) is 5.75 Å². The number of rotatable bonds is 6. The molecule has 1 aromatic carbocycles. The molecule has 0 aliphatic rings. The van der Waals surface area contributed by atoms with Crippen molar-refractivity contribution in [2.75, 3.05) is 7.11 Å². The van der Waals surface area contributed by atoms with Gasteiger partial charge in [0.1, 0.15) is 5.75 Å². The zero-order chi connectivity index (χ0) is 16.3. The van der Waals surface area contributed by atoms with E-state index in [1.165, 1.54) is 25.3 Å². The molecule has 0 radical (unpaired) electrons. The molecular weight excluding hydrogens is 309 g/mol. The maximum atomic E-state index is 12.2. The van der Waals surface area contributed by atoms with Gasteiger partial charge < -0.3 is 10.5 Å². The first-order valence-electron chi connectivity index (χ1n) is 6.05. The quantitative estimate of drug-likeness (QED) is 0.835. The lowest BCUT2D eigenvalue weighted by molar-refractivity contribution is -0.137. The Balaban J connectivity index is 2.98. The zero-order valence-electron chi connectivity index (χ0n) is 11.6. The minimum absolute atomic E-state index is 0.0463. The van der Waals surface area contributed by atoms with Crippen LogP contribution in [-0.2, 0) is 16.6 Å². The van der Waals surface area contributed by atoms with E-state index in [0.717, 1.165) is 6.92 Å². The lowest BCUT2D eigenvalue weighted by atomic mass is 10.2. The molecule has 3 N–H and O–H groups in total. The molecule has 0 saturated carbocycles. The van der Waals surface area contributed by atoms with Gasteiger partial charge in [-0.3, -0.25) is 0 Å². The van der Waals surface area contributed by atoms with Gasteiger partial charge in [0, 0.05) is 18.2 Å². The van der Waals surface area contributed by atoms with Crippen LogP contribution >= 0.6 is 0 Å². The fraction of sp³-hybridized carbons (Fsp3) is 0.500. The zero-order valence-corrected chi connectivity index (χ0v) is 12.4. The van der Waals surface area contributed by atoms with E-state index in [2.05, 4.69) is 0 Å². The summed E-state index contributed by atoms with van der Waals surface area (Å²) >= 11 is 0. The topological polar surface area (TPSA) is 81.4 Å². The summed E-state index contributed by atoms with van der Waals surface area (Å²) in [5.41, 5.74) is 5.93. The highest BCUT2D eigenvalue weighted by molar-refractivity contribution is 7.89. The number of methoxy groups -OCH3 is 1. The Morgan fingerprint density at radius 1 is 1.38 bits per heavy atom. The van der Waals surface area contributed by atoms with E-state index < -0.39 is 28.7 Å². The Morgan fingerprint density at radius 2 is 2.00 bits per heavy atom. The molecule has 0 saturated heterocycles. The van der Waals surface area contributed by atoms with Crippen LogP contribution in [-0.4, -0.2) is 27.7 Å². The predicted molar refractivity (Wildman–Crippen MR) is 71.3 cm³/mol. The van der Waals surface area contributed by atoms with Crippen molar-refractivity contribution in [1.29, 1.82) is 0 Å². The van der Waals surface area contributed by atoms with Gasteiger partial charge in [-0.1, -0.05) is 0 Å². The van der Waals surface area contributed by atoms with Crippen LogP contribution in [0.15, 0.2) is 23.1 Å². The molecule has 5 nitrogen and oxygen atoms in total. The number of benzene rings is 1. The fourth-order valence-electron chi connectivity index (χ4n) is 1.80. The van der Waals surface area contributed by atoms with Crippen molar-refractivity contribution >= 4 is 10.0 Å². The monoisotopic (exact) mass is 326 g/mol. The van der Waals surface area contributed by atoms with Gasteiger partial charge in [-0.25, -0.2) is 13.1 Å². The van der Waals surface area contributed by atoms with Gasteiger partial charge in [0.2, 0.25) is 10.0 Å². The maximum absolute atomic E-state index is 12.2. The molecule has 0 heterocycles. The summed E-state index contributed by atoms with van der Waals surface area (Å²) in [5, 5.41) is 0. The first-order chi connectivity index (χ1) is 9.59. The molecule has 1 atom stereocenters. The second-order valence-electron chi connectivity index (χ2n) is 4.52. The number of alkyl halides is 3.